The number of H-pyrrole nitrogens is 1. The van der Waals surface area contributed by atoms with Crippen LogP contribution in [0.2, 0.25) is 0 Å². The number of hydrogen-bond donors (Lipinski definition) is 5. The summed E-state index contributed by atoms with van der Waals surface area (Å²) in [6, 6.07) is 15.3. The molecule has 5 N–H and O–H groups in total. The summed E-state index contributed by atoms with van der Waals surface area (Å²) in [4.78, 5) is 80.6. The van der Waals surface area contributed by atoms with Crippen LogP contribution in [0.5, 0.6) is 5.88 Å². The molecule has 0 unspecified atom stereocenters. The summed E-state index contributed by atoms with van der Waals surface area (Å²) in [6.45, 7) is -0.677. The monoisotopic (exact) mass is 721 g/mol. The van der Waals surface area contributed by atoms with Crippen LogP contribution < -0.4 is 20.7 Å². The summed E-state index contributed by atoms with van der Waals surface area (Å²) in [5, 5.41) is 20.1. The Hall–Kier alpha value is -5.76. The van der Waals surface area contributed by atoms with E-state index in [0.717, 1.165) is 52.5 Å². The van der Waals surface area contributed by atoms with E-state index in [9.17, 15) is 29.1 Å². The minimum Gasteiger partial charge on any atom is -0.480 e. The average molecular weight is 722 g/mol. The number of hydrogen-bond acceptors (Lipinski definition) is 8. The molecule has 2 saturated heterocycles. The van der Waals surface area contributed by atoms with Gasteiger partial charge in [0.25, 0.3) is 5.91 Å². The standard InChI is InChI=1S/C39H43N7O7/c1-53-37-28(17-24-10-7-13-29(24)44-37)38(51)45-15-14-40-35(49)31(16-23-8-3-2-4-9-23)43-36(50)33-19-26(47)21-46(33)39(52)32(42-34(48)22-45)18-25-20-41-30-12-6-5-11-27(25)30/h2-6,8-9,11-12,17,20,26,31-33,41,47H,7,10,13-16,18-19,21-22H2,1H3,(H,40,49)(H,42,48)(H,43,50)/t26-,31+,32-,33+/m1/s1. The molecule has 3 aliphatic rings. The molecule has 2 aromatic heterocycles. The lowest BCUT2D eigenvalue weighted by Crippen LogP contribution is -2.57. The maximum absolute atomic E-state index is 14.5. The number of nitrogens with zero attached hydrogens (tertiary/aromatic N) is 3. The second-order valence-electron chi connectivity index (χ2n) is 13.9. The van der Waals surface area contributed by atoms with Gasteiger partial charge in [0.2, 0.25) is 29.5 Å². The first-order valence-electron chi connectivity index (χ1n) is 18.0. The van der Waals surface area contributed by atoms with Crippen molar-refractivity contribution in [2.75, 3.05) is 33.3 Å². The molecule has 4 aromatic rings. The van der Waals surface area contributed by atoms with E-state index in [-0.39, 0.29) is 50.3 Å². The van der Waals surface area contributed by atoms with Gasteiger partial charge in [0.05, 0.1) is 19.8 Å². The first-order chi connectivity index (χ1) is 25.7. The van der Waals surface area contributed by atoms with E-state index >= 15 is 0 Å². The molecule has 4 atom stereocenters. The van der Waals surface area contributed by atoms with Crippen LogP contribution in [0.25, 0.3) is 10.9 Å². The number of para-hydroxylation sites is 1. The zero-order valence-corrected chi connectivity index (χ0v) is 29.5. The smallest absolute Gasteiger partial charge is 0.259 e. The van der Waals surface area contributed by atoms with Crippen molar-refractivity contribution in [1.82, 2.24) is 35.7 Å². The summed E-state index contributed by atoms with van der Waals surface area (Å²) in [5.74, 6) is -2.65. The molecule has 14 heteroatoms. The Morgan fingerprint density at radius 1 is 0.962 bits per heavy atom. The molecule has 4 heterocycles. The lowest BCUT2D eigenvalue weighted by atomic mass is 10.0. The Bertz CT molecular complexity index is 2030. The number of aliphatic hydroxyl groups excluding tert-OH is 1. The summed E-state index contributed by atoms with van der Waals surface area (Å²) < 4.78 is 5.52. The molecule has 276 valence electrons. The highest BCUT2D eigenvalue weighted by Gasteiger charge is 2.43. The number of aromatic amines is 1. The van der Waals surface area contributed by atoms with Gasteiger partial charge in [-0.3, -0.25) is 24.0 Å². The number of carbonyl (C=O) groups is 5. The van der Waals surface area contributed by atoms with Gasteiger partial charge in [0, 0.05) is 61.7 Å². The molecular weight excluding hydrogens is 678 g/mol. The maximum Gasteiger partial charge on any atom is 0.259 e. The molecule has 2 aromatic carbocycles. The van der Waals surface area contributed by atoms with E-state index < -0.39 is 60.3 Å². The first-order valence-corrected chi connectivity index (χ1v) is 18.0. The number of aliphatic hydroxyl groups is 1. The maximum atomic E-state index is 14.5. The van der Waals surface area contributed by atoms with Gasteiger partial charge < -0.3 is 40.6 Å². The SMILES string of the molecule is COc1nc2c(cc1C(=O)N1CCNC(=O)[C@H](Cc3ccccc3)NC(=O)[C@@H]3C[C@@H](O)CN3C(=O)[C@@H](Cc3c[nH]c4ccccc34)NC(=O)C1)CCC2. The number of fused-ring (bicyclic) bond motifs is 3. The topological polar surface area (TPSA) is 186 Å². The predicted octanol–water partition coefficient (Wildman–Crippen LogP) is 1.05. The van der Waals surface area contributed by atoms with Crippen LogP contribution >= 0.6 is 0 Å². The van der Waals surface area contributed by atoms with E-state index in [1.165, 1.54) is 16.9 Å². The van der Waals surface area contributed by atoms with Gasteiger partial charge in [-0.25, -0.2) is 4.98 Å². The van der Waals surface area contributed by atoms with Crippen LogP contribution in [0, 0.1) is 0 Å². The largest absolute Gasteiger partial charge is 0.480 e. The van der Waals surface area contributed by atoms with Gasteiger partial charge in [-0.2, -0.15) is 0 Å². The van der Waals surface area contributed by atoms with E-state index in [1.54, 1.807) is 12.3 Å². The minimum atomic E-state index is -1.15. The summed E-state index contributed by atoms with van der Waals surface area (Å²) in [6.07, 6.45) is 3.42. The van der Waals surface area contributed by atoms with Gasteiger partial charge >= 0.3 is 0 Å². The highest BCUT2D eigenvalue weighted by atomic mass is 16.5. The van der Waals surface area contributed by atoms with Crippen molar-refractivity contribution in [2.45, 2.75) is 62.8 Å². The summed E-state index contributed by atoms with van der Waals surface area (Å²) in [5.41, 5.74) is 4.42. The number of methoxy groups -OCH3 is 1. The predicted molar refractivity (Wildman–Crippen MR) is 194 cm³/mol. The van der Waals surface area contributed by atoms with Crippen LogP contribution in [0.1, 0.15) is 45.6 Å². The van der Waals surface area contributed by atoms with Crippen LogP contribution in [0.15, 0.2) is 66.9 Å². The second kappa shape index (κ2) is 15.5. The fourth-order valence-corrected chi connectivity index (χ4v) is 7.59. The molecule has 2 aliphatic heterocycles. The van der Waals surface area contributed by atoms with Crippen molar-refractivity contribution >= 4 is 40.4 Å². The molecule has 0 radical (unpaired) electrons. The lowest BCUT2D eigenvalue weighted by molar-refractivity contribution is -0.142. The van der Waals surface area contributed by atoms with Gasteiger partial charge in [-0.05, 0) is 48.1 Å². The van der Waals surface area contributed by atoms with E-state index in [0.29, 0.717) is 0 Å². The fourth-order valence-electron chi connectivity index (χ4n) is 7.59. The van der Waals surface area contributed by atoms with Crippen molar-refractivity contribution in [3.05, 3.63) is 94.8 Å². The third-order valence-corrected chi connectivity index (χ3v) is 10.3. The number of aromatic nitrogens is 2. The van der Waals surface area contributed by atoms with Crippen LogP contribution in [0.4, 0.5) is 0 Å². The zero-order chi connectivity index (χ0) is 37.1. The van der Waals surface area contributed by atoms with Gasteiger partial charge in [-0.1, -0.05) is 48.5 Å². The molecule has 1 aliphatic carbocycles. The van der Waals surface area contributed by atoms with E-state index in [1.807, 2.05) is 54.6 Å². The molecule has 53 heavy (non-hydrogen) atoms. The van der Waals surface area contributed by atoms with Crippen LogP contribution in [-0.2, 0) is 44.9 Å². The third kappa shape index (κ3) is 7.72. The molecular formula is C39H43N7O7. The minimum absolute atomic E-state index is 0.0360. The number of benzene rings is 2. The van der Waals surface area contributed by atoms with Crippen molar-refractivity contribution < 1.29 is 33.8 Å². The van der Waals surface area contributed by atoms with E-state index in [4.69, 9.17) is 4.74 Å². The van der Waals surface area contributed by atoms with Gasteiger partial charge in [0.1, 0.15) is 23.7 Å². The fraction of sp³-hybridized carbons (Fsp3) is 0.385. The van der Waals surface area contributed by atoms with Crippen molar-refractivity contribution in [3.63, 3.8) is 0 Å². The van der Waals surface area contributed by atoms with E-state index in [2.05, 4.69) is 25.9 Å². The molecule has 5 amide bonds. The molecule has 0 spiro atoms. The Labute approximate surface area is 306 Å². The highest BCUT2D eigenvalue weighted by molar-refractivity contribution is 6.00. The average Bonchev–Trinajstić information content (AvgIpc) is 3.91. The Morgan fingerprint density at radius 3 is 2.57 bits per heavy atom. The molecule has 0 saturated carbocycles. The summed E-state index contributed by atoms with van der Waals surface area (Å²) in [7, 11) is 1.43. The lowest BCUT2D eigenvalue weighted by Gasteiger charge is -2.30. The van der Waals surface area contributed by atoms with Crippen molar-refractivity contribution in [3.8, 4) is 5.88 Å². The second-order valence-corrected chi connectivity index (χ2v) is 13.9. The Morgan fingerprint density at radius 2 is 1.75 bits per heavy atom. The van der Waals surface area contributed by atoms with Gasteiger partial charge in [-0.15, -0.1) is 0 Å². The number of carbonyl (C=O) groups excluding carboxylic acids is 5. The summed E-state index contributed by atoms with van der Waals surface area (Å²) >= 11 is 0. The Balaban J connectivity index is 1.24. The van der Waals surface area contributed by atoms with Crippen LogP contribution in [0.3, 0.4) is 0 Å². The van der Waals surface area contributed by atoms with Gasteiger partial charge in [0.15, 0.2) is 0 Å². The number of nitrogens with one attached hydrogen (secondary N) is 4. The van der Waals surface area contributed by atoms with Crippen molar-refractivity contribution in [1.29, 1.82) is 0 Å². The number of ether oxygens (including phenoxy) is 1. The Kier molecular flexibility index (Phi) is 10.4. The number of amides is 5. The number of pyridine rings is 1. The normalized spacial score (nSPS) is 22.7. The molecule has 2 fully saturated rings. The van der Waals surface area contributed by atoms with Crippen LogP contribution in [-0.4, -0.2) is 112 Å². The molecule has 0 bridgehead atoms. The highest BCUT2D eigenvalue weighted by Crippen LogP contribution is 2.28. The zero-order valence-electron chi connectivity index (χ0n) is 29.5. The first kappa shape index (κ1) is 35.6. The molecule has 14 nitrogen and oxygen atoms in total. The third-order valence-electron chi connectivity index (χ3n) is 10.3. The van der Waals surface area contributed by atoms with Crippen molar-refractivity contribution in [2.24, 2.45) is 0 Å². The quantitative estimate of drug-likeness (QED) is 0.196. The number of rotatable bonds is 6. The molecule has 7 rings (SSSR count). The number of aryl methyl sites for hydroxylation is 2.